The molecule has 0 aromatic heterocycles. The van der Waals surface area contributed by atoms with Gasteiger partial charge in [0.25, 0.3) is 0 Å². The number of aliphatic carboxylic acids is 4. The Morgan fingerprint density at radius 2 is 0.615 bits per heavy atom. The molecule has 0 aromatic rings. The van der Waals surface area contributed by atoms with E-state index < -0.39 is 48.0 Å². The van der Waals surface area contributed by atoms with Crippen molar-refractivity contribution < 1.29 is 95.2 Å². The van der Waals surface area contributed by atoms with Crippen molar-refractivity contribution in [2.75, 3.05) is 0 Å². The third-order valence-electron chi connectivity index (χ3n) is 0.665. The molecule has 0 rings (SSSR count). The first-order valence-electron chi connectivity index (χ1n) is 4.26. The molecular weight excluding hydrogens is 402 g/mol. The average molecular weight is 408 g/mol. The molecule has 0 saturated carbocycles. The van der Waals surface area contributed by atoms with E-state index in [1.807, 2.05) is 0 Å². The normalized spacial score (nSPS) is 6.92. The summed E-state index contributed by atoms with van der Waals surface area (Å²) in [5, 5.41) is 30.7. The maximum atomic E-state index is 10.6. The van der Waals surface area contributed by atoms with Gasteiger partial charge in [0.2, 0.25) is 0 Å². The van der Waals surface area contributed by atoms with Crippen LogP contribution in [0.1, 0.15) is 0 Å². The molecule has 0 aliphatic carbocycles. The number of hydrogen-bond donors (Lipinski definition) is 3. The van der Waals surface area contributed by atoms with E-state index in [-0.39, 0.29) is 28.8 Å². The molecule has 0 heterocycles. The van der Waals surface area contributed by atoms with Crippen LogP contribution in [0.3, 0.4) is 0 Å². The SMILES string of the molecule is O=C(O)C(=O)F.O=C(O)C(=O)F.O=C(O)C(=O)F.O=C([O-])C(=O)F.P.[Li+]. The van der Waals surface area contributed by atoms with Gasteiger partial charge in [-0.2, -0.15) is 27.5 Å². The fourth-order valence-electron chi connectivity index (χ4n) is 0. The van der Waals surface area contributed by atoms with Gasteiger partial charge in [0.1, 0.15) is 5.97 Å². The Kier molecular flexibility index (Phi) is 33.2. The fourth-order valence-corrected chi connectivity index (χ4v) is 0. The minimum Gasteiger partial charge on any atom is -0.540 e. The summed E-state index contributed by atoms with van der Waals surface area (Å²) in [6.07, 6.45) is 0. The summed E-state index contributed by atoms with van der Waals surface area (Å²) in [4.78, 5) is 71.2. The van der Waals surface area contributed by atoms with Crippen molar-refractivity contribution in [3.63, 3.8) is 0 Å². The number of carbonyl (C=O) groups excluding carboxylic acids is 5. The number of carboxylic acid groups (broad SMARTS) is 4. The predicted octanol–water partition coefficient (Wildman–Crippen LogP) is -6.00. The van der Waals surface area contributed by atoms with Crippen molar-refractivity contribution in [2.45, 2.75) is 0 Å². The van der Waals surface area contributed by atoms with E-state index in [2.05, 4.69) is 0 Å². The number of rotatable bonds is 4. The molecule has 0 aliphatic rings. The fraction of sp³-hybridized carbons (Fsp3) is 0. The van der Waals surface area contributed by atoms with E-state index in [1.165, 1.54) is 0 Å². The van der Waals surface area contributed by atoms with Gasteiger partial charge in [-0.05, 0) is 0 Å². The van der Waals surface area contributed by atoms with Crippen LogP contribution in [0.2, 0.25) is 0 Å². The van der Waals surface area contributed by atoms with Crippen LogP contribution in [0.25, 0.3) is 0 Å². The summed E-state index contributed by atoms with van der Waals surface area (Å²) in [7, 11) is 0. The number of carboxylic acids is 4. The van der Waals surface area contributed by atoms with Crippen LogP contribution >= 0.6 is 9.90 Å². The van der Waals surface area contributed by atoms with Crippen molar-refractivity contribution in [3.05, 3.63) is 0 Å². The van der Waals surface area contributed by atoms with Gasteiger partial charge >= 0.3 is 60.9 Å². The zero-order chi connectivity index (χ0) is 20.6. The summed E-state index contributed by atoms with van der Waals surface area (Å²) in [6, 6.07) is -9.41. The van der Waals surface area contributed by atoms with Crippen LogP contribution in [0, 0.1) is 0 Å². The van der Waals surface area contributed by atoms with Crippen LogP contribution in [0.4, 0.5) is 17.6 Å². The molecule has 0 saturated heterocycles. The van der Waals surface area contributed by atoms with E-state index in [0.29, 0.717) is 0 Å². The Balaban J connectivity index is -0.0000000500. The second-order valence-corrected chi connectivity index (χ2v) is 2.30. The summed E-state index contributed by atoms with van der Waals surface area (Å²) in [5.74, 6) is -8.44. The minimum atomic E-state index is -2.44. The van der Waals surface area contributed by atoms with Crippen molar-refractivity contribution >= 4 is 57.9 Å². The molecule has 144 valence electrons. The number of halogens is 4. The average Bonchev–Trinajstić information content (AvgIpc) is 2.40. The van der Waals surface area contributed by atoms with Crippen LogP contribution in [-0.2, 0) is 38.4 Å². The first-order chi connectivity index (χ1) is 10.6. The summed E-state index contributed by atoms with van der Waals surface area (Å²) >= 11 is 0. The molecule has 0 fully saturated rings. The first-order valence-corrected chi connectivity index (χ1v) is 4.26. The number of hydrogen-bond acceptors (Lipinski definition) is 9. The van der Waals surface area contributed by atoms with E-state index in [9.17, 15) is 17.6 Å². The standard InChI is InChI=1S/4C2HFO3.Li.H3P/c4*3-1(4)2(5)6;;/h4*(H,5,6);;1H3/q;;;;+1;/p-1. The maximum absolute atomic E-state index is 10.6. The molecule has 0 aliphatic heterocycles. The van der Waals surface area contributed by atoms with E-state index >= 15 is 0 Å². The van der Waals surface area contributed by atoms with Gasteiger partial charge in [0.15, 0.2) is 0 Å². The Hall–Kier alpha value is -2.69. The molecular formula is C8H6F4LiO12P. The molecule has 0 bridgehead atoms. The van der Waals surface area contributed by atoms with E-state index in [1.54, 1.807) is 0 Å². The maximum Gasteiger partial charge on any atom is 1.00 e. The van der Waals surface area contributed by atoms with E-state index in [4.69, 9.17) is 58.8 Å². The second-order valence-electron chi connectivity index (χ2n) is 2.30. The van der Waals surface area contributed by atoms with Gasteiger partial charge in [0, 0.05) is 0 Å². The summed E-state index contributed by atoms with van der Waals surface area (Å²) < 4.78 is 42.3. The summed E-state index contributed by atoms with van der Waals surface area (Å²) in [5.41, 5.74) is 0. The molecule has 1 unspecified atom stereocenters. The van der Waals surface area contributed by atoms with Crippen LogP contribution in [-0.4, -0.2) is 63.3 Å². The molecule has 3 N–H and O–H groups in total. The monoisotopic (exact) mass is 408 g/mol. The van der Waals surface area contributed by atoms with Gasteiger partial charge in [-0.15, -0.1) is 0 Å². The van der Waals surface area contributed by atoms with Gasteiger partial charge in [-0.25, -0.2) is 28.8 Å². The first kappa shape index (κ1) is 38.7. The van der Waals surface area contributed by atoms with Crippen LogP contribution < -0.4 is 24.0 Å². The second kappa shape index (κ2) is 22.3. The molecule has 0 aromatic carbocycles. The van der Waals surface area contributed by atoms with Crippen molar-refractivity contribution in [1.29, 1.82) is 0 Å². The molecule has 18 heteroatoms. The Bertz CT molecular complexity index is 407. The molecule has 0 spiro atoms. The van der Waals surface area contributed by atoms with E-state index in [0.717, 1.165) is 0 Å². The third kappa shape index (κ3) is 49.6. The predicted molar refractivity (Wildman–Crippen MR) is 63.5 cm³/mol. The topological polar surface area (TPSA) is 220 Å². The molecule has 0 amide bonds. The van der Waals surface area contributed by atoms with Crippen LogP contribution in [0.15, 0.2) is 0 Å². The van der Waals surface area contributed by atoms with Crippen molar-refractivity contribution in [2.24, 2.45) is 0 Å². The van der Waals surface area contributed by atoms with Crippen LogP contribution in [0.5, 0.6) is 0 Å². The zero-order valence-electron chi connectivity index (χ0n) is 12.2. The zero-order valence-corrected chi connectivity index (χ0v) is 13.6. The Morgan fingerprint density at radius 1 is 0.538 bits per heavy atom. The van der Waals surface area contributed by atoms with Crippen molar-refractivity contribution in [1.82, 2.24) is 0 Å². The van der Waals surface area contributed by atoms with Gasteiger partial charge in [0.05, 0.1) is 0 Å². The smallest absolute Gasteiger partial charge is 0.540 e. The van der Waals surface area contributed by atoms with Gasteiger partial charge in [-0.1, -0.05) is 0 Å². The Labute approximate surface area is 153 Å². The molecule has 1 atom stereocenters. The Morgan fingerprint density at radius 3 is 0.615 bits per heavy atom. The molecule has 0 radical (unpaired) electrons. The van der Waals surface area contributed by atoms with Gasteiger partial charge in [-0.3, -0.25) is 4.79 Å². The molecule has 12 nitrogen and oxygen atoms in total. The van der Waals surface area contributed by atoms with Crippen molar-refractivity contribution in [3.8, 4) is 0 Å². The third-order valence-corrected chi connectivity index (χ3v) is 0.665. The number of carbonyl (C=O) groups is 8. The summed E-state index contributed by atoms with van der Waals surface area (Å²) in [6.45, 7) is 0. The van der Waals surface area contributed by atoms with Gasteiger partial charge < -0.3 is 25.2 Å². The quantitative estimate of drug-likeness (QED) is 0.130. The molecule has 26 heavy (non-hydrogen) atoms. The largest absolute Gasteiger partial charge is 1.00 e. The minimum absolute atomic E-state index is 0.